The summed E-state index contributed by atoms with van der Waals surface area (Å²) in [6.45, 7) is 0. The van der Waals surface area contributed by atoms with Crippen LogP contribution in [0.15, 0.2) is 69.6 Å². The van der Waals surface area contributed by atoms with E-state index in [1.165, 1.54) is 0 Å². The first-order chi connectivity index (χ1) is 11.7. The lowest BCUT2D eigenvalue weighted by molar-refractivity contribution is 1.17. The van der Waals surface area contributed by atoms with Gasteiger partial charge in [-0.15, -0.1) is 11.3 Å². The quantitative estimate of drug-likeness (QED) is 0.538. The van der Waals surface area contributed by atoms with Crippen LogP contribution in [0.5, 0.6) is 0 Å². The molecule has 24 heavy (non-hydrogen) atoms. The molecule has 0 aliphatic carbocycles. The van der Waals surface area contributed by atoms with Gasteiger partial charge in [0, 0.05) is 10.9 Å². The van der Waals surface area contributed by atoms with Crippen LogP contribution >= 0.6 is 11.3 Å². The van der Waals surface area contributed by atoms with Crippen LogP contribution in [0.4, 0.5) is 0 Å². The molecule has 0 unspecified atom stereocenters. The highest BCUT2D eigenvalue weighted by Crippen LogP contribution is 2.23. The molecule has 2 heterocycles. The number of rotatable bonds is 4. The Bertz CT molecular complexity index is 1070. The fraction of sp³-hybridized carbons (Fsp3) is 0. The summed E-state index contributed by atoms with van der Waals surface area (Å²) in [6, 6.07) is 17.3. The summed E-state index contributed by atoms with van der Waals surface area (Å²) in [5.74, 6) is 0. The van der Waals surface area contributed by atoms with Gasteiger partial charge in [0.1, 0.15) is 5.01 Å². The molecule has 116 valence electrons. The fourth-order valence-electron chi connectivity index (χ4n) is 2.41. The first-order valence-electron chi connectivity index (χ1n) is 7.40. The molecule has 2 aromatic carbocycles. The van der Waals surface area contributed by atoms with Gasteiger partial charge in [-0.3, -0.25) is 9.59 Å². The summed E-state index contributed by atoms with van der Waals surface area (Å²) >= 11 is 1.57. The van der Waals surface area contributed by atoms with Gasteiger partial charge in [-0.25, -0.2) is 9.55 Å². The lowest BCUT2D eigenvalue weighted by Gasteiger charge is -1.97. The zero-order valence-electron chi connectivity index (χ0n) is 12.5. The van der Waals surface area contributed by atoms with E-state index in [2.05, 4.69) is 4.98 Å². The molecule has 0 radical (unpaired) electrons. The van der Waals surface area contributed by atoms with Crippen LogP contribution in [-0.2, 0) is 0 Å². The van der Waals surface area contributed by atoms with Crippen molar-refractivity contribution in [2.24, 2.45) is 0 Å². The Morgan fingerprint density at radius 3 is 2.46 bits per heavy atom. The highest BCUT2D eigenvalue weighted by Gasteiger charge is 2.17. The molecule has 0 aliphatic rings. The second-order valence-electron chi connectivity index (χ2n) is 5.31. The number of aromatic nitrogens is 2. The summed E-state index contributed by atoms with van der Waals surface area (Å²) in [5, 5.41) is 2.93. The molecule has 4 rings (SSSR count). The van der Waals surface area contributed by atoms with Crippen molar-refractivity contribution >= 4 is 23.5 Å². The molecule has 0 fully saturated rings. The molecule has 0 aliphatic heterocycles. The topological polar surface area (TPSA) is 52.0 Å². The Hall–Kier alpha value is -3.05. The molecule has 0 N–H and O–H groups in total. The summed E-state index contributed by atoms with van der Waals surface area (Å²) in [5.41, 5.74) is 2.66. The van der Waals surface area contributed by atoms with Crippen LogP contribution in [0.25, 0.3) is 29.1 Å². The van der Waals surface area contributed by atoms with Gasteiger partial charge >= 0.3 is 11.1 Å². The minimum absolute atomic E-state index is 0.455. The third kappa shape index (κ3) is 2.77. The Morgan fingerprint density at radius 1 is 0.917 bits per heavy atom. The fourth-order valence-corrected chi connectivity index (χ4v) is 3.13. The van der Waals surface area contributed by atoms with E-state index in [0.717, 1.165) is 26.4 Å². The van der Waals surface area contributed by atoms with E-state index in [1.807, 2.05) is 66.1 Å². The lowest BCUT2D eigenvalue weighted by Crippen LogP contribution is -1.91. The van der Waals surface area contributed by atoms with E-state index in [9.17, 15) is 9.59 Å². The van der Waals surface area contributed by atoms with Gasteiger partial charge in [-0.2, -0.15) is 0 Å². The molecule has 0 atom stereocenters. The van der Waals surface area contributed by atoms with Gasteiger partial charge in [0.15, 0.2) is 0 Å². The third-order valence-corrected chi connectivity index (χ3v) is 4.49. The second kappa shape index (κ2) is 5.86. The average molecular weight is 332 g/mol. The molecule has 0 bridgehead atoms. The molecule has 5 heteroatoms. The predicted octanol–water partition coefficient (Wildman–Crippen LogP) is 3.37. The number of hydrogen-bond acceptors (Lipinski definition) is 4. The van der Waals surface area contributed by atoms with E-state index in [4.69, 9.17) is 0 Å². The van der Waals surface area contributed by atoms with Crippen molar-refractivity contribution in [2.45, 2.75) is 0 Å². The van der Waals surface area contributed by atoms with E-state index in [0.29, 0.717) is 5.69 Å². The Kier molecular flexibility index (Phi) is 3.55. The van der Waals surface area contributed by atoms with Crippen molar-refractivity contribution in [1.82, 2.24) is 9.55 Å². The highest BCUT2D eigenvalue weighted by atomic mass is 32.1. The van der Waals surface area contributed by atoms with E-state index >= 15 is 0 Å². The first-order valence-corrected chi connectivity index (χ1v) is 8.28. The maximum atomic E-state index is 11.2. The van der Waals surface area contributed by atoms with Crippen LogP contribution in [0.3, 0.4) is 0 Å². The largest absolute Gasteiger partial charge is 0.324 e. The number of hydrogen-bond donors (Lipinski definition) is 0. The van der Waals surface area contributed by atoms with Crippen LogP contribution in [-0.4, -0.2) is 9.55 Å². The normalized spacial score (nSPS) is 11.5. The third-order valence-electron chi connectivity index (χ3n) is 3.68. The smallest absolute Gasteiger partial charge is 0.262 e. The Labute approximate surface area is 141 Å². The summed E-state index contributed by atoms with van der Waals surface area (Å²) in [4.78, 5) is 27.0. The molecule has 0 saturated heterocycles. The molecular formula is C19H12N2O2S. The highest BCUT2D eigenvalue weighted by molar-refractivity contribution is 7.10. The van der Waals surface area contributed by atoms with Crippen molar-refractivity contribution in [1.29, 1.82) is 0 Å². The van der Waals surface area contributed by atoms with Crippen molar-refractivity contribution < 1.29 is 0 Å². The lowest BCUT2D eigenvalue weighted by atomic mass is 10.2. The van der Waals surface area contributed by atoms with Gasteiger partial charge in [-0.05, 0) is 23.8 Å². The molecule has 0 saturated carbocycles. The minimum atomic E-state index is -0.455. The molecule has 4 aromatic rings. The van der Waals surface area contributed by atoms with Crippen molar-refractivity contribution in [3.8, 4) is 16.9 Å². The molecule has 2 aromatic heterocycles. The number of nitrogens with zero attached hydrogens (tertiary/aromatic N) is 2. The van der Waals surface area contributed by atoms with E-state index < -0.39 is 11.1 Å². The van der Waals surface area contributed by atoms with Crippen LogP contribution in [0, 0.1) is 0 Å². The molecule has 4 nitrogen and oxygen atoms in total. The van der Waals surface area contributed by atoms with Gasteiger partial charge < -0.3 is 0 Å². The minimum Gasteiger partial charge on any atom is -0.262 e. The zero-order chi connectivity index (χ0) is 16.5. The SMILES string of the molecule is O=c1c(=O)n1-c1cccc(/C=C/c2nc(-c3ccccc3)cs2)c1. The number of benzene rings is 2. The average Bonchev–Trinajstić information content (AvgIpc) is 3.01. The van der Waals surface area contributed by atoms with Gasteiger partial charge in [0.05, 0.1) is 11.4 Å². The van der Waals surface area contributed by atoms with Crippen molar-refractivity contribution in [3.05, 3.63) is 91.3 Å². The predicted molar refractivity (Wildman–Crippen MR) is 97.2 cm³/mol. The van der Waals surface area contributed by atoms with E-state index in [1.54, 1.807) is 17.4 Å². The van der Waals surface area contributed by atoms with Crippen LogP contribution < -0.4 is 11.1 Å². The van der Waals surface area contributed by atoms with E-state index in [-0.39, 0.29) is 0 Å². The van der Waals surface area contributed by atoms with Gasteiger partial charge in [0.25, 0.3) is 0 Å². The standard InChI is InChI=1S/C19H12N2O2S/c22-18-19(23)21(18)15-8-4-5-13(11-15)9-10-17-20-16(12-24-17)14-6-2-1-3-7-14/h1-12H/b10-9+. The molecule has 0 amide bonds. The number of thiazole rings is 1. The second-order valence-corrected chi connectivity index (χ2v) is 6.20. The van der Waals surface area contributed by atoms with Crippen molar-refractivity contribution in [3.63, 3.8) is 0 Å². The summed E-state index contributed by atoms with van der Waals surface area (Å²) < 4.78 is 1.16. The molecule has 0 spiro atoms. The monoisotopic (exact) mass is 332 g/mol. The van der Waals surface area contributed by atoms with Crippen LogP contribution in [0.2, 0.25) is 0 Å². The maximum absolute atomic E-state index is 11.2. The maximum Gasteiger partial charge on any atom is 0.324 e. The molecular weight excluding hydrogens is 320 g/mol. The van der Waals surface area contributed by atoms with Crippen molar-refractivity contribution in [2.75, 3.05) is 0 Å². The first kappa shape index (κ1) is 14.5. The Balaban J connectivity index is 1.57. The van der Waals surface area contributed by atoms with Gasteiger partial charge in [0.2, 0.25) is 0 Å². The van der Waals surface area contributed by atoms with Gasteiger partial charge in [-0.1, -0.05) is 48.5 Å². The summed E-state index contributed by atoms with van der Waals surface area (Å²) in [7, 11) is 0. The zero-order valence-corrected chi connectivity index (χ0v) is 13.4. The Morgan fingerprint density at radius 2 is 1.71 bits per heavy atom. The van der Waals surface area contributed by atoms with Crippen LogP contribution in [0.1, 0.15) is 10.6 Å². The summed E-state index contributed by atoms with van der Waals surface area (Å²) in [6.07, 6.45) is 3.86.